The molecule has 16 heavy (non-hydrogen) atoms. The molecular weight excluding hydrogens is 204 g/mol. The molecule has 6 heteroatoms. The summed E-state index contributed by atoms with van der Waals surface area (Å²) in [6.45, 7) is 0.688. The molecule has 0 aliphatic rings. The van der Waals surface area contributed by atoms with E-state index in [9.17, 15) is 0 Å². The molecule has 0 fully saturated rings. The largest absolute Gasteiger partial charge is 0.378 e. The molecule has 2 N–H and O–H groups in total. The zero-order valence-electron chi connectivity index (χ0n) is 9.31. The van der Waals surface area contributed by atoms with Crippen molar-refractivity contribution in [3.8, 4) is 0 Å². The van der Waals surface area contributed by atoms with Crippen molar-refractivity contribution >= 4 is 11.6 Å². The van der Waals surface area contributed by atoms with Gasteiger partial charge in [0.2, 0.25) is 0 Å². The Morgan fingerprint density at radius 2 is 2.00 bits per heavy atom. The fourth-order valence-electron chi connectivity index (χ4n) is 1.33. The predicted molar refractivity (Wildman–Crippen MR) is 62.3 cm³/mol. The molecule has 1 heterocycles. The third-order valence-electron chi connectivity index (χ3n) is 2.25. The van der Waals surface area contributed by atoms with Crippen molar-refractivity contribution in [2.45, 2.75) is 6.54 Å². The van der Waals surface area contributed by atoms with Gasteiger partial charge in [-0.2, -0.15) is 5.21 Å². The van der Waals surface area contributed by atoms with Crippen molar-refractivity contribution in [3.05, 3.63) is 29.8 Å². The number of benzene rings is 1. The van der Waals surface area contributed by atoms with Crippen LogP contribution in [0.1, 0.15) is 5.56 Å². The molecule has 0 saturated heterocycles. The molecule has 1 aromatic carbocycles. The van der Waals surface area contributed by atoms with Crippen LogP contribution in [0, 0.1) is 0 Å². The Kier molecular flexibility index (Phi) is 3.00. The minimum Gasteiger partial charge on any atom is -0.378 e. The van der Waals surface area contributed by atoms with Crippen molar-refractivity contribution in [1.29, 1.82) is 0 Å². The summed E-state index contributed by atoms with van der Waals surface area (Å²) in [5.41, 5.74) is 2.36. The van der Waals surface area contributed by atoms with E-state index in [1.54, 1.807) is 0 Å². The molecule has 84 valence electrons. The van der Waals surface area contributed by atoms with Gasteiger partial charge in [0.1, 0.15) is 0 Å². The summed E-state index contributed by atoms with van der Waals surface area (Å²) in [5, 5.41) is 16.5. The molecule has 0 saturated carbocycles. The first-order valence-electron chi connectivity index (χ1n) is 4.99. The van der Waals surface area contributed by atoms with Gasteiger partial charge in [-0.1, -0.05) is 17.2 Å². The maximum atomic E-state index is 3.81. The zero-order valence-corrected chi connectivity index (χ0v) is 9.31. The molecule has 0 unspecified atom stereocenters. The van der Waals surface area contributed by atoms with Crippen LogP contribution in [0.4, 0.5) is 11.6 Å². The number of aromatic nitrogens is 4. The van der Waals surface area contributed by atoms with Crippen LogP contribution in [-0.2, 0) is 6.54 Å². The second kappa shape index (κ2) is 4.61. The molecule has 2 rings (SSSR count). The van der Waals surface area contributed by atoms with E-state index in [2.05, 4.69) is 55.1 Å². The normalized spacial score (nSPS) is 10.1. The van der Waals surface area contributed by atoms with Gasteiger partial charge in [-0.05, 0) is 22.9 Å². The molecule has 0 atom stereocenters. The van der Waals surface area contributed by atoms with Crippen molar-refractivity contribution in [2.24, 2.45) is 0 Å². The number of tetrazole rings is 1. The standard InChI is InChI=1S/C10H14N6/c1-16(2)9-5-3-8(4-6-9)7-11-10-12-14-15-13-10/h3-6H,7H2,1-2H3,(H2,11,12,13,14,15). The summed E-state index contributed by atoms with van der Waals surface area (Å²) >= 11 is 0. The highest BCUT2D eigenvalue weighted by Crippen LogP contribution is 2.12. The first-order chi connectivity index (χ1) is 7.75. The van der Waals surface area contributed by atoms with Crippen LogP contribution in [0.25, 0.3) is 0 Å². The fourth-order valence-corrected chi connectivity index (χ4v) is 1.33. The minimum atomic E-state index is 0.511. The maximum absolute atomic E-state index is 3.81. The lowest BCUT2D eigenvalue weighted by molar-refractivity contribution is 0.881. The smallest absolute Gasteiger partial charge is 0.263 e. The summed E-state index contributed by atoms with van der Waals surface area (Å²) in [4.78, 5) is 2.07. The van der Waals surface area contributed by atoms with Crippen molar-refractivity contribution < 1.29 is 0 Å². The highest BCUT2D eigenvalue weighted by atomic mass is 15.5. The lowest BCUT2D eigenvalue weighted by Crippen LogP contribution is -2.08. The number of hydrogen-bond acceptors (Lipinski definition) is 5. The van der Waals surface area contributed by atoms with Gasteiger partial charge in [-0.25, -0.2) is 0 Å². The Labute approximate surface area is 93.7 Å². The van der Waals surface area contributed by atoms with E-state index in [-0.39, 0.29) is 0 Å². The molecule has 0 aliphatic carbocycles. The second-order valence-corrected chi connectivity index (χ2v) is 3.65. The third-order valence-corrected chi connectivity index (χ3v) is 2.25. The molecule has 0 spiro atoms. The summed E-state index contributed by atoms with van der Waals surface area (Å²) in [5.74, 6) is 0.511. The van der Waals surface area contributed by atoms with Crippen LogP contribution in [0.5, 0.6) is 0 Å². The monoisotopic (exact) mass is 218 g/mol. The van der Waals surface area contributed by atoms with Crippen molar-refractivity contribution in [3.63, 3.8) is 0 Å². The van der Waals surface area contributed by atoms with Crippen LogP contribution in [-0.4, -0.2) is 34.7 Å². The van der Waals surface area contributed by atoms with Gasteiger partial charge in [-0.15, -0.1) is 5.10 Å². The molecule has 1 aromatic heterocycles. The molecule has 0 amide bonds. The summed E-state index contributed by atoms with van der Waals surface area (Å²) in [6.07, 6.45) is 0. The maximum Gasteiger partial charge on any atom is 0.263 e. The van der Waals surface area contributed by atoms with Gasteiger partial charge in [0.15, 0.2) is 0 Å². The summed E-state index contributed by atoms with van der Waals surface area (Å²) in [7, 11) is 4.04. The van der Waals surface area contributed by atoms with E-state index in [1.165, 1.54) is 11.3 Å². The number of hydrogen-bond donors (Lipinski definition) is 2. The first-order valence-corrected chi connectivity index (χ1v) is 4.99. The number of H-pyrrole nitrogens is 1. The minimum absolute atomic E-state index is 0.511. The van der Waals surface area contributed by atoms with Crippen LogP contribution < -0.4 is 10.2 Å². The highest BCUT2D eigenvalue weighted by molar-refractivity contribution is 5.46. The Balaban J connectivity index is 1.95. The van der Waals surface area contributed by atoms with E-state index in [0.29, 0.717) is 12.5 Å². The molecule has 2 aromatic rings. The van der Waals surface area contributed by atoms with Crippen LogP contribution in [0.15, 0.2) is 24.3 Å². The average Bonchev–Trinajstić information content (AvgIpc) is 2.80. The number of aromatic amines is 1. The summed E-state index contributed by atoms with van der Waals surface area (Å²) < 4.78 is 0. The van der Waals surface area contributed by atoms with Gasteiger partial charge in [0.05, 0.1) is 0 Å². The predicted octanol–water partition coefficient (Wildman–Crippen LogP) is 0.878. The third kappa shape index (κ3) is 2.47. The van der Waals surface area contributed by atoms with E-state index in [4.69, 9.17) is 0 Å². The quantitative estimate of drug-likeness (QED) is 0.797. The number of rotatable bonds is 4. The molecule has 0 radical (unpaired) electrons. The fraction of sp³-hybridized carbons (Fsp3) is 0.300. The van der Waals surface area contributed by atoms with Gasteiger partial charge < -0.3 is 10.2 Å². The van der Waals surface area contributed by atoms with E-state index < -0.39 is 0 Å². The van der Waals surface area contributed by atoms with Crippen LogP contribution >= 0.6 is 0 Å². The topological polar surface area (TPSA) is 69.7 Å². The van der Waals surface area contributed by atoms with E-state index in [1.807, 2.05) is 14.1 Å². The number of nitrogens with one attached hydrogen (secondary N) is 2. The Morgan fingerprint density at radius 3 is 2.56 bits per heavy atom. The SMILES string of the molecule is CN(C)c1ccc(CNc2nn[nH]n2)cc1. The van der Waals surface area contributed by atoms with Gasteiger partial charge in [-0.3, -0.25) is 0 Å². The van der Waals surface area contributed by atoms with E-state index in [0.717, 1.165) is 0 Å². The second-order valence-electron chi connectivity index (χ2n) is 3.65. The highest BCUT2D eigenvalue weighted by Gasteiger charge is 1.98. The lowest BCUT2D eigenvalue weighted by Gasteiger charge is -2.12. The molecule has 6 nitrogen and oxygen atoms in total. The Bertz CT molecular complexity index is 419. The van der Waals surface area contributed by atoms with Gasteiger partial charge >= 0.3 is 0 Å². The molecule has 0 aliphatic heterocycles. The first kappa shape index (κ1) is 10.4. The van der Waals surface area contributed by atoms with Crippen molar-refractivity contribution in [1.82, 2.24) is 20.6 Å². The van der Waals surface area contributed by atoms with Gasteiger partial charge in [0.25, 0.3) is 5.95 Å². The van der Waals surface area contributed by atoms with Crippen LogP contribution in [0.3, 0.4) is 0 Å². The van der Waals surface area contributed by atoms with Crippen LogP contribution in [0.2, 0.25) is 0 Å². The van der Waals surface area contributed by atoms with Gasteiger partial charge in [0, 0.05) is 26.3 Å². The molecular formula is C10H14N6. The average molecular weight is 218 g/mol. The zero-order chi connectivity index (χ0) is 11.4. The van der Waals surface area contributed by atoms with Crippen molar-refractivity contribution in [2.75, 3.05) is 24.3 Å². The number of nitrogens with zero attached hydrogens (tertiary/aromatic N) is 4. The summed E-state index contributed by atoms with van der Waals surface area (Å²) in [6, 6.07) is 8.30. The Morgan fingerprint density at radius 1 is 1.25 bits per heavy atom. The lowest BCUT2D eigenvalue weighted by atomic mass is 10.2. The Hall–Kier alpha value is -2.11. The van der Waals surface area contributed by atoms with E-state index >= 15 is 0 Å². The molecule has 0 bridgehead atoms. The number of anilines is 2.